The molecule has 0 heterocycles. The summed E-state index contributed by atoms with van der Waals surface area (Å²) in [4.78, 5) is 0. The van der Waals surface area contributed by atoms with Crippen molar-refractivity contribution in [3.8, 4) is 0 Å². The molecule has 0 bridgehead atoms. The molecular formula is C10H14N2. The van der Waals surface area contributed by atoms with Crippen molar-refractivity contribution < 1.29 is 0 Å². The molecule has 0 amide bonds. The van der Waals surface area contributed by atoms with E-state index in [-0.39, 0.29) is 0 Å². The van der Waals surface area contributed by atoms with Gasteiger partial charge in [0.15, 0.2) is 0 Å². The Labute approximate surface area is 72.9 Å². The van der Waals surface area contributed by atoms with Gasteiger partial charge in [-0.3, -0.25) is 0 Å². The second-order valence-corrected chi connectivity index (χ2v) is 2.81. The number of nitrogen functional groups attached to an aromatic ring is 1. The van der Waals surface area contributed by atoms with Crippen LogP contribution in [-0.2, 0) is 6.42 Å². The first kappa shape index (κ1) is 8.78. The van der Waals surface area contributed by atoms with E-state index in [9.17, 15) is 0 Å². The van der Waals surface area contributed by atoms with Gasteiger partial charge in [0.05, 0.1) is 0 Å². The zero-order valence-electron chi connectivity index (χ0n) is 7.30. The summed E-state index contributed by atoms with van der Waals surface area (Å²) in [6, 6.07) is 5.83. The summed E-state index contributed by atoms with van der Waals surface area (Å²) in [6.07, 6.45) is 3.38. The number of benzene rings is 1. The Bertz CT molecular complexity index is 279. The maximum absolute atomic E-state index is 7.11. The molecule has 12 heavy (non-hydrogen) atoms. The van der Waals surface area contributed by atoms with E-state index in [2.05, 4.69) is 6.92 Å². The number of aryl methyl sites for hydroxylation is 1. The molecule has 64 valence electrons. The molecule has 0 saturated heterocycles. The molecule has 0 aliphatic carbocycles. The predicted molar refractivity (Wildman–Crippen MR) is 52.7 cm³/mol. The molecule has 1 aromatic carbocycles. The number of hydrogen-bond acceptors (Lipinski definition) is 2. The Balaban J connectivity index is 3.04. The van der Waals surface area contributed by atoms with Crippen LogP contribution in [0.15, 0.2) is 18.2 Å². The normalized spacial score (nSPS) is 9.75. The average molecular weight is 162 g/mol. The van der Waals surface area contributed by atoms with Crippen LogP contribution in [0.5, 0.6) is 0 Å². The van der Waals surface area contributed by atoms with Crippen molar-refractivity contribution in [3.05, 3.63) is 29.3 Å². The highest BCUT2D eigenvalue weighted by Gasteiger charge is 2.00. The molecule has 1 rings (SSSR count). The predicted octanol–water partition coefficient (Wildman–Crippen LogP) is 2.22. The van der Waals surface area contributed by atoms with Gasteiger partial charge in [-0.2, -0.15) is 0 Å². The van der Waals surface area contributed by atoms with Crippen LogP contribution in [0.2, 0.25) is 0 Å². The van der Waals surface area contributed by atoms with Gasteiger partial charge in [0.25, 0.3) is 0 Å². The number of anilines is 1. The van der Waals surface area contributed by atoms with Crippen LogP contribution in [-0.4, -0.2) is 6.21 Å². The third-order valence-electron chi connectivity index (χ3n) is 1.90. The summed E-state index contributed by atoms with van der Waals surface area (Å²) < 4.78 is 0. The van der Waals surface area contributed by atoms with Gasteiger partial charge in [0.2, 0.25) is 0 Å². The molecule has 3 N–H and O–H groups in total. The minimum Gasteiger partial charge on any atom is -0.398 e. The van der Waals surface area contributed by atoms with Crippen LogP contribution in [0.25, 0.3) is 0 Å². The minimum absolute atomic E-state index is 0.759. The molecule has 0 radical (unpaired) electrons. The van der Waals surface area contributed by atoms with Gasteiger partial charge in [-0.05, 0) is 12.0 Å². The number of nitrogens with one attached hydrogen (secondary N) is 1. The molecule has 2 nitrogen and oxygen atoms in total. The van der Waals surface area contributed by atoms with Gasteiger partial charge in [-0.25, -0.2) is 0 Å². The van der Waals surface area contributed by atoms with Crippen LogP contribution in [0.4, 0.5) is 5.69 Å². The summed E-state index contributed by atoms with van der Waals surface area (Å²) in [5, 5.41) is 7.11. The van der Waals surface area contributed by atoms with Gasteiger partial charge < -0.3 is 11.1 Å². The summed E-state index contributed by atoms with van der Waals surface area (Å²) in [5.41, 5.74) is 8.56. The molecule has 0 unspecified atom stereocenters. The van der Waals surface area contributed by atoms with Gasteiger partial charge >= 0.3 is 0 Å². The zero-order chi connectivity index (χ0) is 8.97. The minimum atomic E-state index is 0.759. The average Bonchev–Trinajstić information content (AvgIpc) is 2.09. The topological polar surface area (TPSA) is 49.9 Å². The van der Waals surface area contributed by atoms with E-state index in [0.29, 0.717) is 0 Å². The van der Waals surface area contributed by atoms with Crippen LogP contribution in [0.1, 0.15) is 24.5 Å². The third kappa shape index (κ3) is 1.64. The van der Waals surface area contributed by atoms with Crippen LogP contribution in [0.3, 0.4) is 0 Å². The number of para-hydroxylation sites is 1. The van der Waals surface area contributed by atoms with Crippen molar-refractivity contribution in [2.45, 2.75) is 19.8 Å². The summed E-state index contributed by atoms with van der Waals surface area (Å²) in [7, 11) is 0. The van der Waals surface area contributed by atoms with Crippen molar-refractivity contribution >= 4 is 11.9 Å². The molecule has 0 fully saturated rings. The van der Waals surface area contributed by atoms with Crippen molar-refractivity contribution in [1.82, 2.24) is 0 Å². The first-order valence-corrected chi connectivity index (χ1v) is 4.17. The van der Waals surface area contributed by atoms with E-state index in [1.54, 1.807) is 0 Å². The number of rotatable bonds is 3. The van der Waals surface area contributed by atoms with E-state index < -0.39 is 0 Å². The Morgan fingerprint density at radius 2 is 2.25 bits per heavy atom. The number of nitrogens with two attached hydrogens (primary N) is 1. The number of hydrogen-bond donors (Lipinski definition) is 2. The molecule has 0 aliphatic heterocycles. The fourth-order valence-corrected chi connectivity index (χ4v) is 1.25. The van der Waals surface area contributed by atoms with Crippen LogP contribution >= 0.6 is 0 Å². The summed E-state index contributed by atoms with van der Waals surface area (Å²) >= 11 is 0. The fraction of sp³-hybridized carbons (Fsp3) is 0.300. The maximum Gasteiger partial charge on any atom is 0.0435 e. The monoisotopic (exact) mass is 162 g/mol. The van der Waals surface area contributed by atoms with Crippen LogP contribution in [0, 0.1) is 5.41 Å². The molecule has 0 atom stereocenters. The summed E-state index contributed by atoms with van der Waals surface area (Å²) in [6.45, 7) is 2.12. The molecule has 1 aromatic rings. The van der Waals surface area contributed by atoms with E-state index in [4.69, 9.17) is 11.1 Å². The first-order valence-electron chi connectivity index (χ1n) is 4.17. The Hall–Kier alpha value is -1.31. The van der Waals surface area contributed by atoms with E-state index in [1.165, 1.54) is 6.21 Å². The van der Waals surface area contributed by atoms with E-state index in [0.717, 1.165) is 29.7 Å². The standard InChI is InChI=1S/C10H14N2/c1-2-4-8-5-3-6-9(7-11)10(8)12/h3,5-7,11H,2,4,12H2,1H3. The Morgan fingerprint density at radius 3 is 2.83 bits per heavy atom. The molecule has 0 aliphatic rings. The molecular weight excluding hydrogens is 148 g/mol. The van der Waals surface area contributed by atoms with Crippen molar-refractivity contribution in [3.63, 3.8) is 0 Å². The second kappa shape index (κ2) is 3.90. The van der Waals surface area contributed by atoms with Crippen molar-refractivity contribution in [2.24, 2.45) is 0 Å². The zero-order valence-corrected chi connectivity index (χ0v) is 7.30. The smallest absolute Gasteiger partial charge is 0.0435 e. The van der Waals surface area contributed by atoms with Gasteiger partial charge in [-0.1, -0.05) is 31.5 Å². The lowest BCUT2D eigenvalue weighted by Gasteiger charge is -2.05. The second-order valence-electron chi connectivity index (χ2n) is 2.81. The Morgan fingerprint density at radius 1 is 1.50 bits per heavy atom. The fourth-order valence-electron chi connectivity index (χ4n) is 1.25. The van der Waals surface area contributed by atoms with Crippen molar-refractivity contribution in [1.29, 1.82) is 5.41 Å². The molecule has 0 saturated carbocycles. The summed E-state index contributed by atoms with van der Waals surface area (Å²) in [5.74, 6) is 0. The third-order valence-corrected chi connectivity index (χ3v) is 1.90. The van der Waals surface area contributed by atoms with E-state index in [1.807, 2.05) is 18.2 Å². The van der Waals surface area contributed by atoms with Crippen LogP contribution < -0.4 is 5.73 Å². The maximum atomic E-state index is 7.11. The largest absolute Gasteiger partial charge is 0.398 e. The van der Waals surface area contributed by atoms with Gasteiger partial charge in [0.1, 0.15) is 0 Å². The Kier molecular flexibility index (Phi) is 2.86. The highest BCUT2D eigenvalue weighted by atomic mass is 14.6. The molecule has 0 aromatic heterocycles. The van der Waals surface area contributed by atoms with Crippen molar-refractivity contribution in [2.75, 3.05) is 5.73 Å². The SMILES string of the molecule is CCCc1cccc(C=N)c1N. The molecule has 0 spiro atoms. The quantitative estimate of drug-likeness (QED) is 0.519. The first-order chi connectivity index (χ1) is 5.79. The lowest BCUT2D eigenvalue weighted by atomic mass is 10.0. The van der Waals surface area contributed by atoms with Gasteiger partial charge in [0, 0.05) is 17.5 Å². The highest BCUT2D eigenvalue weighted by Crippen LogP contribution is 2.16. The van der Waals surface area contributed by atoms with Gasteiger partial charge in [-0.15, -0.1) is 0 Å². The lowest BCUT2D eigenvalue weighted by Crippen LogP contribution is -1.98. The highest BCUT2D eigenvalue weighted by molar-refractivity contribution is 5.85. The van der Waals surface area contributed by atoms with E-state index >= 15 is 0 Å². The lowest BCUT2D eigenvalue weighted by molar-refractivity contribution is 0.924. The molecule has 2 heteroatoms.